The van der Waals surface area contributed by atoms with Crippen molar-refractivity contribution in [2.24, 2.45) is 5.92 Å². The van der Waals surface area contributed by atoms with Gasteiger partial charge in [-0.15, -0.1) is 0 Å². The Hall–Kier alpha value is -2.75. The molecule has 0 N–H and O–H groups in total. The molecule has 1 amide bonds. The Bertz CT molecular complexity index is 1370. The third-order valence-corrected chi connectivity index (χ3v) is 8.58. The fourth-order valence-electron chi connectivity index (χ4n) is 4.65. The molecule has 1 unspecified atom stereocenters. The minimum absolute atomic E-state index is 0.0658. The van der Waals surface area contributed by atoms with Gasteiger partial charge in [-0.2, -0.15) is 0 Å². The number of carbonyl (C=O) groups excluding carboxylic acids is 1. The molecule has 1 aliphatic heterocycles. The molecule has 10 heteroatoms. The predicted octanol–water partition coefficient (Wildman–Crippen LogP) is 4.88. The van der Waals surface area contributed by atoms with Crippen LogP contribution in [0.2, 0.25) is 5.02 Å². The van der Waals surface area contributed by atoms with E-state index >= 15 is 0 Å². The highest BCUT2D eigenvalue weighted by Gasteiger charge is 2.31. The molecule has 5 rings (SSSR count). The smallest absolute Gasteiger partial charge is 0.254 e. The highest BCUT2D eigenvalue weighted by Crippen LogP contribution is 2.31. The van der Waals surface area contributed by atoms with Crippen LogP contribution in [0.1, 0.15) is 47.3 Å². The van der Waals surface area contributed by atoms with Crippen molar-refractivity contribution < 1.29 is 22.3 Å². The normalized spacial score (nSPS) is 17.7. The Kier molecular flexibility index (Phi) is 7.65. The molecule has 0 radical (unpaired) electrons. The summed E-state index contributed by atoms with van der Waals surface area (Å²) in [6, 6.07) is 12.2. The number of rotatable bonds is 10. The number of benzene rings is 2. The van der Waals surface area contributed by atoms with Crippen LogP contribution in [0.15, 0.2) is 59.9 Å². The summed E-state index contributed by atoms with van der Waals surface area (Å²) >= 11 is 6.13. The van der Waals surface area contributed by atoms with E-state index in [1.54, 1.807) is 33.7 Å². The molecule has 37 heavy (non-hydrogen) atoms. The molecule has 0 bridgehead atoms. The van der Waals surface area contributed by atoms with Gasteiger partial charge in [0, 0.05) is 23.7 Å². The van der Waals surface area contributed by atoms with Gasteiger partial charge in [0.15, 0.2) is 0 Å². The number of imidazole rings is 1. The van der Waals surface area contributed by atoms with Crippen molar-refractivity contribution in [1.29, 1.82) is 0 Å². The summed E-state index contributed by atoms with van der Waals surface area (Å²) in [5, 5.41) is 0.415. The van der Waals surface area contributed by atoms with Crippen molar-refractivity contribution in [2.75, 3.05) is 13.2 Å². The second-order valence-electron chi connectivity index (χ2n) is 9.80. The zero-order valence-corrected chi connectivity index (χ0v) is 21.9. The SMILES string of the molecule is O=C(c1cccc(Cl)c1)N(Cc1cnc(S(=O)(=O)Cc2ccc(F)cc2)n1CC1CCCO1)CC1CC1. The topological polar surface area (TPSA) is 81.5 Å². The average molecular weight is 546 g/mol. The molecule has 1 atom stereocenters. The molecule has 2 heterocycles. The van der Waals surface area contributed by atoms with Gasteiger partial charge in [0.2, 0.25) is 15.0 Å². The molecule has 2 fully saturated rings. The zero-order valence-electron chi connectivity index (χ0n) is 20.4. The zero-order chi connectivity index (χ0) is 26.0. The van der Waals surface area contributed by atoms with Crippen molar-refractivity contribution in [2.45, 2.75) is 55.8 Å². The van der Waals surface area contributed by atoms with Gasteiger partial charge in [-0.1, -0.05) is 29.8 Å². The van der Waals surface area contributed by atoms with Gasteiger partial charge >= 0.3 is 0 Å². The summed E-state index contributed by atoms with van der Waals surface area (Å²) in [5.74, 6) is -0.458. The summed E-state index contributed by atoms with van der Waals surface area (Å²) in [6.45, 7) is 1.76. The van der Waals surface area contributed by atoms with E-state index in [1.807, 2.05) is 0 Å². The minimum Gasteiger partial charge on any atom is -0.376 e. The van der Waals surface area contributed by atoms with Crippen LogP contribution in [0.4, 0.5) is 4.39 Å². The second kappa shape index (κ2) is 10.9. The largest absolute Gasteiger partial charge is 0.376 e. The molecule has 2 aromatic carbocycles. The molecular weight excluding hydrogens is 517 g/mol. The van der Waals surface area contributed by atoms with E-state index in [4.69, 9.17) is 16.3 Å². The van der Waals surface area contributed by atoms with Gasteiger partial charge in [0.05, 0.1) is 36.8 Å². The number of nitrogens with zero attached hydrogens (tertiary/aromatic N) is 3. The molecule has 2 aliphatic rings. The van der Waals surface area contributed by atoms with Crippen LogP contribution in [0.3, 0.4) is 0 Å². The lowest BCUT2D eigenvalue weighted by molar-refractivity contribution is 0.0723. The number of amides is 1. The number of sulfone groups is 1. The van der Waals surface area contributed by atoms with E-state index in [-0.39, 0.29) is 29.5 Å². The van der Waals surface area contributed by atoms with E-state index in [2.05, 4.69) is 4.98 Å². The van der Waals surface area contributed by atoms with Crippen LogP contribution in [0, 0.1) is 11.7 Å². The number of halogens is 2. The Morgan fingerprint density at radius 3 is 2.62 bits per heavy atom. The van der Waals surface area contributed by atoms with Crippen LogP contribution in [0.5, 0.6) is 0 Å². The molecule has 196 valence electrons. The Morgan fingerprint density at radius 2 is 1.95 bits per heavy atom. The number of hydrogen-bond acceptors (Lipinski definition) is 5. The Morgan fingerprint density at radius 1 is 1.16 bits per heavy atom. The average Bonchev–Trinajstić information content (AvgIpc) is 3.36. The Labute approximate surface area is 221 Å². The van der Waals surface area contributed by atoms with Crippen molar-refractivity contribution >= 4 is 27.3 Å². The van der Waals surface area contributed by atoms with Gasteiger partial charge in [0.25, 0.3) is 5.91 Å². The summed E-state index contributed by atoms with van der Waals surface area (Å²) in [7, 11) is -3.85. The molecule has 1 saturated heterocycles. The van der Waals surface area contributed by atoms with Crippen LogP contribution in [0.25, 0.3) is 0 Å². The van der Waals surface area contributed by atoms with Gasteiger partial charge in [-0.3, -0.25) is 4.79 Å². The summed E-state index contributed by atoms with van der Waals surface area (Å²) in [5.41, 5.74) is 1.59. The van der Waals surface area contributed by atoms with Crippen LogP contribution >= 0.6 is 11.6 Å². The lowest BCUT2D eigenvalue weighted by atomic mass is 10.2. The maximum absolute atomic E-state index is 13.5. The van der Waals surface area contributed by atoms with Crippen molar-refractivity contribution in [3.63, 3.8) is 0 Å². The first kappa shape index (κ1) is 25.9. The van der Waals surface area contributed by atoms with E-state index in [1.165, 1.54) is 30.5 Å². The van der Waals surface area contributed by atoms with E-state index in [0.717, 1.165) is 25.7 Å². The maximum Gasteiger partial charge on any atom is 0.254 e. The van der Waals surface area contributed by atoms with Crippen molar-refractivity contribution in [3.05, 3.63) is 82.4 Å². The molecule has 1 aliphatic carbocycles. The molecule has 3 aromatic rings. The quantitative estimate of drug-likeness (QED) is 0.363. The molecule has 1 aromatic heterocycles. The molecule has 1 saturated carbocycles. The van der Waals surface area contributed by atoms with Crippen LogP contribution < -0.4 is 0 Å². The van der Waals surface area contributed by atoms with Crippen molar-refractivity contribution in [1.82, 2.24) is 14.5 Å². The predicted molar refractivity (Wildman–Crippen MR) is 137 cm³/mol. The van der Waals surface area contributed by atoms with Gasteiger partial charge in [0.1, 0.15) is 5.82 Å². The monoisotopic (exact) mass is 545 g/mol. The lowest BCUT2D eigenvalue weighted by Crippen LogP contribution is -2.34. The summed E-state index contributed by atoms with van der Waals surface area (Å²) in [6.07, 6.45) is 5.26. The lowest BCUT2D eigenvalue weighted by Gasteiger charge is -2.24. The number of hydrogen-bond donors (Lipinski definition) is 0. The summed E-state index contributed by atoms with van der Waals surface area (Å²) in [4.78, 5) is 19.5. The third kappa shape index (κ3) is 6.40. The van der Waals surface area contributed by atoms with Crippen LogP contribution in [-0.2, 0) is 33.4 Å². The first-order valence-electron chi connectivity index (χ1n) is 12.5. The van der Waals surface area contributed by atoms with E-state index < -0.39 is 15.7 Å². The fraction of sp³-hybridized carbons (Fsp3) is 0.407. The Balaban J connectivity index is 1.46. The summed E-state index contributed by atoms with van der Waals surface area (Å²) < 4.78 is 47.7. The van der Waals surface area contributed by atoms with Gasteiger partial charge in [-0.05, 0) is 67.5 Å². The number of ether oxygens (including phenoxy) is 1. The van der Waals surface area contributed by atoms with E-state index in [9.17, 15) is 17.6 Å². The second-order valence-corrected chi connectivity index (χ2v) is 12.1. The minimum atomic E-state index is -3.85. The van der Waals surface area contributed by atoms with E-state index in [0.29, 0.717) is 47.5 Å². The maximum atomic E-state index is 13.5. The highest BCUT2D eigenvalue weighted by atomic mass is 35.5. The molecule has 7 nitrogen and oxygen atoms in total. The van der Waals surface area contributed by atoms with Gasteiger partial charge < -0.3 is 14.2 Å². The van der Waals surface area contributed by atoms with Gasteiger partial charge in [-0.25, -0.2) is 17.8 Å². The first-order valence-corrected chi connectivity index (χ1v) is 14.5. The van der Waals surface area contributed by atoms with Crippen molar-refractivity contribution in [3.8, 4) is 0 Å². The molecular formula is C27H29ClFN3O4S. The number of aromatic nitrogens is 2. The van der Waals surface area contributed by atoms with Crippen LogP contribution in [-0.4, -0.2) is 48.0 Å². The molecule has 0 spiro atoms. The third-order valence-electron chi connectivity index (χ3n) is 6.75. The number of carbonyl (C=O) groups is 1. The highest BCUT2D eigenvalue weighted by molar-refractivity contribution is 7.90. The first-order chi connectivity index (χ1) is 17.8. The fourth-order valence-corrected chi connectivity index (χ4v) is 6.34. The standard InChI is InChI=1S/C27H29ClFN3O4S/c28-22-4-1-3-21(13-22)26(33)31(15-19-6-7-19)16-24-14-30-27(32(24)17-25-5-2-12-36-25)37(34,35)18-20-8-10-23(29)11-9-20/h1,3-4,8-11,13-14,19,25H,2,5-7,12,15-18H2.